The van der Waals surface area contributed by atoms with Crippen molar-refractivity contribution in [1.82, 2.24) is 9.88 Å². The highest BCUT2D eigenvalue weighted by molar-refractivity contribution is 6.36. The van der Waals surface area contributed by atoms with Crippen molar-refractivity contribution in [3.63, 3.8) is 0 Å². The van der Waals surface area contributed by atoms with Gasteiger partial charge in [0.15, 0.2) is 0 Å². The van der Waals surface area contributed by atoms with Crippen molar-refractivity contribution in [2.24, 2.45) is 4.99 Å². The van der Waals surface area contributed by atoms with Gasteiger partial charge in [-0.1, -0.05) is 17.7 Å². The maximum Gasteiger partial charge on any atom is 0.135 e. The molecule has 0 N–H and O–H groups in total. The van der Waals surface area contributed by atoms with Crippen LogP contribution in [0, 0.1) is 13.8 Å². The minimum Gasteiger partial charge on any atom is -0.366 e. The van der Waals surface area contributed by atoms with Gasteiger partial charge in [-0.05, 0) is 50.1 Å². The maximum atomic E-state index is 6.60. The van der Waals surface area contributed by atoms with Crippen molar-refractivity contribution < 1.29 is 0 Å². The van der Waals surface area contributed by atoms with Crippen LogP contribution in [-0.2, 0) is 0 Å². The molecule has 0 aliphatic carbocycles. The Bertz CT molecular complexity index is 712. The predicted octanol–water partition coefficient (Wildman–Crippen LogP) is 4.73. The maximum absolute atomic E-state index is 6.60. The average molecular weight is 331 g/mol. The molecule has 1 heterocycles. The number of nitrogens with zero attached hydrogens (tertiary/aromatic N) is 4. The Morgan fingerprint density at radius 2 is 2.00 bits per heavy atom. The Balaban J connectivity index is 2.45. The first-order valence-corrected chi connectivity index (χ1v) is 8.01. The Morgan fingerprint density at radius 3 is 2.65 bits per heavy atom. The third-order valence-corrected chi connectivity index (χ3v) is 4.12. The summed E-state index contributed by atoms with van der Waals surface area (Å²) >= 11 is 6.60. The van der Waals surface area contributed by atoms with Crippen LogP contribution in [0.3, 0.4) is 0 Å². The molecule has 0 saturated heterocycles. The number of rotatable bonds is 5. The van der Waals surface area contributed by atoms with Crippen LogP contribution < -0.4 is 4.90 Å². The lowest BCUT2D eigenvalue weighted by Crippen LogP contribution is -2.14. The van der Waals surface area contributed by atoms with Crippen molar-refractivity contribution in [3.8, 4) is 0 Å². The van der Waals surface area contributed by atoms with Gasteiger partial charge in [-0.2, -0.15) is 0 Å². The fourth-order valence-corrected chi connectivity index (χ4v) is 2.54. The Morgan fingerprint density at radius 1 is 1.26 bits per heavy atom. The molecule has 5 heteroatoms. The summed E-state index contributed by atoms with van der Waals surface area (Å²) in [7, 11) is 3.96. The molecule has 0 spiro atoms. The van der Waals surface area contributed by atoms with Gasteiger partial charge in [0.1, 0.15) is 5.82 Å². The number of aliphatic imine (C=N–C) groups is 1. The van der Waals surface area contributed by atoms with E-state index in [1.54, 1.807) is 12.5 Å². The summed E-state index contributed by atoms with van der Waals surface area (Å²) in [6, 6.07) is 8.02. The van der Waals surface area contributed by atoms with Crippen molar-refractivity contribution in [2.75, 3.05) is 25.5 Å². The lowest BCUT2D eigenvalue weighted by Gasteiger charge is -2.22. The van der Waals surface area contributed by atoms with E-state index in [0.29, 0.717) is 5.02 Å². The van der Waals surface area contributed by atoms with Crippen LogP contribution >= 0.6 is 11.6 Å². The summed E-state index contributed by atoms with van der Waals surface area (Å²) in [6.45, 7) is 7.05. The fourth-order valence-electron chi connectivity index (χ4n) is 2.25. The normalized spacial score (nSPS) is 11.0. The number of aromatic nitrogens is 1. The van der Waals surface area contributed by atoms with Gasteiger partial charge in [-0.15, -0.1) is 0 Å². The molecule has 0 aliphatic rings. The number of hydrogen-bond donors (Lipinski definition) is 0. The van der Waals surface area contributed by atoms with E-state index in [0.717, 1.165) is 34.9 Å². The molecule has 0 fully saturated rings. The highest BCUT2D eigenvalue weighted by atomic mass is 35.5. The molecule has 23 heavy (non-hydrogen) atoms. The van der Waals surface area contributed by atoms with Gasteiger partial charge >= 0.3 is 0 Å². The van der Waals surface area contributed by atoms with E-state index in [2.05, 4.69) is 23.0 Å². The first kappa shape index (κ1) is 17.3. The van der Waals surface area contributed by atoms with Crippen LogP contribution in [0.25, 0.3) is 0 Å². The van der Waals surface area contributed by atoms with E-state index in [-0.39, 0.29) is 0 Å². The zero-order valence-electron chi connectivity index (χ0n) is 14.3. The second-order valence-electron chi connectivity index (χ2n) is 5.64. The number of pyridine rings is 1. The molecule has 2 rings (SSSR count). The highest BCUT2D eigenvalue weighted by Gasteiger charge is 2.15. The topological polar surface area (TPSA) is 31.7 Å². The molecule has 1 aromatic heterocycles. The molecule has 1 aromatic carbocycles. The monoisotopic (exact) mass is 330 g/mol. The van der Waals surface area contributed by atoms with Gasteiger partial charge in [-0.25, -0.2) is 9.98 Å². The number of benzene rings is 1. The van der Waals surface area contributed by atoms with Gasteiger partial charge in [-0.3, -0.25) is 0 Å². The van der Waals surface area contributed by atoms with Gasteiger partial charge in [0.2, 0.25) is 0 Å². The zero-order chi connectivity index (χ0) is 17.0. The minimum absolute atomic E-state index is 0.629. The molecule has 0 radical (unpaired) electrons. The highest BCUT2D eigenvalue weighted by Crippen LogP contribution is 2.38. The minimum atomic E-state index is 0.629. The first-order valence-electron chi connectivity index (χ1n) is 7.64. The predicted molar refractivity (Wildman–Crippen MR) is 99.7 cm³/mol. The van der Waals surface area contributed by atoms with Crippen molar-refractivity contribution in [2.45, 2.75) is 20.8 Å². The quantitative estimate of drug-likeness (QED) is 0.586. The molecule has 2 aromatic rings. The Labute approximate surface area is 143 Å². The first-order chi connectivity index (χ1) is 10.9. The van der Waals surface area contributed by atoms with Gasteiger partial charge < -0.3 is 9.80 Å². The molecule has 0 atom stereocenters. The van der Waals surface area contributed by atoms with Crippen molar-refractivity contribution in [3.05, 3.63) is 46.6 Å². The zero-order valence-corrected chi connectivity index (χ0v) is 15.1. The van der Waals surface area contributed by atoms with E-state index in [9.17, 15) is 0 Å². The Hall–Kier alpha value is -2.07. The van der Waals surface area contributed by atoms with Crippen LogP contribution in [0.15, 0.2) is 35.5 Å². The molecule has 122 valence electrons. The number of aryl methyl sites for hydroxylation is 2. The summed E-state index contributed by atoms with van der Waals surface area (Å²) in [5.74, 6) is 0.889. The number of hydrogen-bond acceptors (Lipinski definition) is 3. The van der Waals surface area contributed by atoms with Crippen LogP contribution in [0.2, 0.25) is 5.02 Å². The van der Waals surface area contributed by atoms with Gasteiger partial charge in [0.25, 0.3) is 0 Å². The van der Waals surface area contributed by atoms with Crippen molar-refractivity contribution in [1.29, 1.82) is 0 Å². The molecular weight excluding hydrogens is 308 g/mol. The third kappa shape index (κ3) is 4.02. The summed E-state index contributed by atoms with van der Waals surface area (Å²) in [5.41, 5.74) is 3.88. The second-order valence-corrected chi connectivity index (χ2v) is 6.02. The molecule has 0 saturated carbocycles. The van der Waals surface area contributed by atoms with Crippen LogP contribution in [0.5, 0.6) is 0 Å². The molecule has 0 amide bonds. The largest absolute Gasteiger partial charge is 0.366 e. The van der Waals surface area contributed by atoms with Crippen molar-refractivity contribution >= 4 is 35.1 Å². The van der Waals surface area contributed by atoms with Crippen LogP contribution in [0.4, 0.5) is 17.2 Å². The molecule has 0 aliphatic heterocycles. The molecule has 4 nitrogen and oxygen atoms in total. The molecule has 0 unspecified atom stereocenters. The second kappa shape index (κ2) is 7.47. The average Bonchev–Trinajstić information content (AvgIpc) is 2.54. The standard InChI is InChI=1S/C18H23ClN4/c1-6-22(4)12-21-15-10-13(2)11-16(17(15)19)23(5)18-14(3)8-7-9-20-18/h7-12H,6H2,1-5H3. The third-order valence-electron chi connectivity index (χ3n) is 3.73. The lowest BCUT2D eigenvalue weighted by atomic mass is 10.1. The molecule has 0 bridgehead atoms. The van der Waals surface area contributed by atoms with Crippen LogP contribution in [-0.4, -0.2) is 36.9 Å². The number of anilines is 2. The Kier molecular flexibility index (Phi) is 5.61. The van der Waals surface area contributed by atoms with E-state index >= 15 is 0 Å². The SMILES string of the molecule is CCN(C)C=Nc1cc(C)cc(N(C)c2ncccc2C)c1Cl. The van der Waals surface area contributed by atoms with E-state index < -0.39 is 0 Å². The lowest BCUT2D eigenvalue weighted by molar-refractivity contribution is 0.552. The summed E-state index contributed by atoms with van der Waals surface area (Å²) < 4.78 is 0. The molecular formula is C18H23ClN4. The fraction of sp³-hybridized carbons (Fsp3) is 0.333. The number of halogens is 1. The van der Waals surface area contributed by atoms with Gasteiger partial charge in [0, 0.05) is 26.8 Å². The smallest absolute Gasteiger partial charge is 0.135 e. The van der Waals surface area contributed by atoms with E-state index in [1.807, 2.05) is 55.9 Å². The summed E-state index contributed by atoms with van der Waals surface area (Å²) in [6.07, 6.45) is 3.59. The summed E-state index contributed by atoms with van der Waals surface area (Å²) in [5, 5.41) is 0.629. The van der Waals surface area contributed by atoms with Gasteiger partial charge in [0.05, 0.1) is 22.7 Å². The van der Waals surface area contributed by atoms with Crippen LogP contribution in [0.1, 0.15) is 18.1 Å². The van der Waals surface area contributed by atoms with E-state index in [1.165, 1.54) is 0 Å². The van der Waals surface area contributed by atoms with E-state index in [4.69, 9.17) is 11.6 Å². The summed E-state index contributed by atoms with van der Waals surface area (Å²) in [4.78, 5) is 13.0.